The van der Waals surface area contributed by atoms with Crippen LogP contribution in [0.4, 0.5) is 8.78 Å². The van der Waals surface area contributed by atoms with Gasteiger partial charge in [0.2, 0.25) is 0 Å². The molecule has 2 atom stereocenters. The van der Waals surface area contributed by atoms with Gasteiger partial charge in [-0.3, -0.25) is 4.79 Å². The highest BCUT2D eigenvalue weighted by molar-refractivity contribution is 5.97. The maximum atomic E-state index is 14.0. The van der Waals surface area contributed by atoms with Crippen LogP contribution in [0.1, 0.15) is 30.1 Å². The molecule has 0 unspecified atom stereocenters. The summed E-state index contributed by atoms with van der Waals surface area (Å²) < 4.78 is 32.5. The molecule has 1 aromatic carbocycles. The van der Waals surface area contributed by atoms with E-state index in [2.05, 4.69) is 0 Å². The number of likely N-dealkylation sites (tertiary alicyclic amines) is 1. The van der Waals surface area contributed by atoms with E-state index in [9.17, 15) is 18.7 Å². The minimum absolute atomic E-state index is 0.00147. The van der Waals surface area contributed by atoms with E-state index in [0.29, 0.717) is 6.54 Å². The molecule has 1 aliphatic heterocycles. The summed E-state index contributed by atoms with van der Waals surface area (Å²) in [6.45, 7) is 2.35. The Balaban J connectivity index is 1.91. The fourth-order valence-electron chi connectivity index (χ4n) is 3.34. The molecule has 3 rings (SSSR count). The van der Waals surface area contributed by atoms with Crippen molar-refractivity contribution in [3.63, 3.8) is 0 Å². The van der Waals surface area contributed by atoms with Gasteiger partial charge in [-0.05, 0) is 30.9 Å². The fourth-order valence-corrected chi connectivity index (χ4v) is 3.34. The Morgan fingerprint density at radius 2 is 2.09 bits per heavy atom. The number of ether oxygens (including phenoxy) is 1. The number of β-amino-alcohol motifs (C(OH)–C–C–N with tert-alkyl or cyclic N) is 1. The molecule has 1 heterocycles. The third kappa shape index (κ3) is 2.26. The summed E-state index contributed by atoms with van der Waals surface area (Å²) in [7, 11) is 1.30. The van der Waals surface area contributed by atoms with E-state index >= 15 is 0 Å². The van der Waals surface area contributed by atoms with Crippen molar-refractivity contribution in [3.8, 4) is 5.75 Å². The van der Waals surface area contributed by atoms with Gasteiger partial charge in [0.15, 0.2) is 11.6 Å². The molecule has 120 valence electrons. The quantitative estimate of drug-likeness (QED) is 0.931. The van der Waals surface area contributed by atoms with Crippen LogP contribution in [-0.2, 0) is 0 Å². The van der Waals surface area contributed by atoms with Crippen LogP contribution >= 0.6 is 0 Å². The standard InChI is InChI=1S/C16H19F2NO3/c1-9-7-19(8-16(9,21)10-3-4-10)15(20)13-12(22-2)6-5-11(17)14(13)18/h5-6,9-10,21H,3-4,7-8H2,1-2H3/t9-,16+/m0/s1. The average molecular weight is 311 g/mol. The van der Waals surface area contributed by atoms with Crippen molar-refractivity contribution in [2.45, 2.75) is 25.4 Å². The molecule has 1 saturated carbocycles. The van der Waals surface area contributed by atoms with Gasteiger partial charge >= 0.3 is 0 Å². The Labute approximate surface area is 127 Å². The van der Waals surface area contributed by atoms with E-state index in [-0.39, 0.29) is 24.1 Å². The Morgan fingerprint density at radius 3 is 2.68 bits per heavy atom. The zero-order chi connectivity index (χ0) is 16.1. The van der Waals surface area contributed by atoms with Crippen molar-refractivity contribution >= 4 is 5.91 Å². The number of aliphatic hydroxyl groups is 1. The van der Waals surface area contributed by atoms with Gasteiger partial charge in [-0.2, -0.15) is 0 Å². The number of carbonyl (C=O) groups is 1. The molecule has 1 amide bonds. The second-order valence-corrected chi connectivity index (χ2v) is 6.29. The lowest BCUT2D eigenvalue weighted by molar-refractivity contribution is -0.00369. The van der Waals surface area contributed by atoms with Crippen molar-refractivity contribution in [1.82, 2.24) is 4.90 Å². The maximum Gasteiger partial charge on any atom is 0.260 e. The first-order valence-electron chi connectivity index (χ1n) is 7.42. The number of amides is 1. The molecule has 0 aromatic heterocycles. The molecule has 0 bridgehead atoms. The monoisotopic (exact) mass is 311 g/mol. The number of halogens is 2. The van der Waals surface area contributed by atoms with Crippen molar-refractivity contribution in [3.05, 3.63) is 29.3 Å². The summed E-state index contributed by atoms with van der Waals surface area (Å²) >= 11 is 0. The molecule has 4 nitrogen and oxygen atoms in total. The summed E-state index contributed by atoms with van der Waals surface area (Å²) in [5.41, 5.74) is -1.33. The van der Waals surface area contributed by atoms with Gasteiger partial charge in [0.05, 0.1) is 19.3 Å². The Bertz CT molecular complexity index is 618. The maximum absolute atomic E-state index is 14.0. The van der Waals surface area contributed by atoms with E-state index in [1.165, 1.54) is 18.1 Å². The van der Waals surface area contributed by atoms with Crippen LogP contribution in [-0.4, -0.2) is 41.7 Å². The molecule has 2 aliphatic rings. The van der Waals surface area contributed by atoms with Gasteiger partial charge in [-0.15, -0.1) is 0 Å². The van der Waals surface area contributed by atoms with Gasteiger partial charge in [0.1, 0.15) is 11.3 Å². The van der Waals surface area contributed by atoms with Gasteiger partial charge < -0.3 is 14.7 Å². The summed E-state index contributed by atoms with van der Waals surface area (Å²) in [4.78, 5) is 14.0. The molecule has 0 radical (unpaired) electrons. The zero-order valence-electron chi connectivity index (χ0n) is 12.6. The van der Waals surface area contributed by atoms with Crippen LogP contribution in [0.3, 0.4) is 0 Å². The lowest BCUT2D eigenvalue weighted by Crippen LogP contribution is -2.40. The Kier molecular flexibility index (Phi) is 3.59. The number of nitrogens with zero attached hydrogens (tertiary/aromatic N) is 1. The molecular formula is C16H19F2NO3. The molecular weight excluding hydrogens is 292 g/mol. The number of rotatable bonds is 3. The lowest BCUT2D eigenvalue weighted by atomic mass is 9.88. The van der Waals surface area contributed by atoms with Crippen molar-refractivity contribution < 1.29 is 23.4 Å². The highest BCUT2D eigenvalue weighted by atomic mass is 19.2. The SMILES string of the molecule is COc1ccc(F)c(F)c1C(=O)N1C[C@H](C)[C@@](O)(C2CC2)C1. The molecule has 1 aromatic rings. The van der Waals surface area contributed by atoms with E-state index in [1.807, 2.05) is 6.92 Å². The summed E-state index contributed by atoms with van der Waals surface area (Å²) in [6.07, 6.45) is 1.89. The topological polar surface area (TPSA) is 49.8 Å². The first kappa shape index (κ1) is 15.2. The van der Waals surface area contributed by atoms with Gasteiger partial charge in [0, 0.05) is 12.5 Å². The molecule has 0 spiro atoms. The average Bonchev–Trinajstić information content (AvgIpc) is 3.29. The largest absolute Gasteiger partial charge is 0.496 e. The number of hydrogen-bond acceptors (Lipinski definition) is 3. The molecule has 2 fully saturated rings. The van der Waals surface area contributed by atoms with Gasteiger partial charge in [0.25, 0.3) is 5.91 Å². The lowest BCUT2D eigenvalue weighted by Gasteiger charge is -2.26. The Morgan fingerprint density at radius 1 is 1.41 bits per heavy atom. The highest BCUT2D eigenvalue weighted by Crippen LogP contribution is 2.47. The predicted octanol–water partition coefficient (Wildman–Crippen LogP) is 2.21. The van der Waals surface area contributed by atoms with Crippen molar-refractivity contribution in [2.75, 3.05) is 20.2 Å². The van der Waals surface area contributed by atoms with Crippen LogP contribution in [0.25, 0.3) is 0 Å². The molecule has 22 heavy (non-hydrogen) atoms. The number of benzene rings is 1. The third-order valence-electron chi connectivity index (χ3n) is 4.85. The third-order valence-corrected chi connectivity index (χ3v) is 4.85. The molecule has 1 N–H and O–H groups in total. The summed E-state index contributed by atoms with van der Waals surface area (Å²) in [5, 5.41) is 10.7. The fraction of sp³-hybridized carbons (Fsp3) is 0.562. The molecule has 1 saturated heterocycles. The van der Waals surface area contributed by atoms with E-state index < -0.39 is 28.7 Å². The van der Waals surface area contributed by atoms with Crippen LogP contribution in [0.15, 0.2) is 12.1 Å². The molecule has 1 aliphatic carbocycles. The number of hydrogen-bond donors (Lipinski definition) is 1. The van der Waals surface area contributed by atoms with E-state index in [0.717, 1.165) is 18.9 Å². The van der Waals surface area contributed by atoms with Crippen LogP contribution in [0.2, 0.25) is 0 Å². The second-order valence-electron chi connectivity index (χ2n) is 6.29. The van der Waals surface area contributed by atoms with E-state index in [4.69, 9.17) is 4.74 Å². The summed E-state index contributed by atoms with van der Waals surface area (Å²) in [5.74, 6) is -2.84. The second kappa shape index (κ2) is 5.19. The van der Waals surface area contributed by atoms with Crippen LogP contribution < -0.4 is 4.74 Å². The van der Waals surface area contributed by atoms with Gasteiger partial charge in [-0.1, -0.05) is 6.92 Å². The first-order valence-corrected chi connectivity index (χ1v) is 7.42. The van der Waals surface area contributed by atoms with Crippen LogP contribution in [0, 0.1) is 23.5 Å². The molecule has 6 heteroatoms. The normalized spacial score (nSPS) is 28.0. The smallest absolute Gasteiger partial charge is 0.260 e. The van der Waals surface area contributed by atoms with Crippen molar-refractivity contribution in [1.29, 1.82) is 0 Å². The number of methoxy groups -OCH3 is 1. The first-order chi connectivity index (χ1) is 10.4. The van der Waals surface area contributed by atoms with Crippen LogP contribution in [0.5, 0.6) is 5.75 Å². The van der Waals surface area contributed by atoms with Gasteiger partial charge in [-0.25, -0.2) is 8.78 Å². The zero-order valence-corrected chi connectivity index (χ0v) is 12.6. The van der Waals surface area contributed by atoms with Crippen molar-refractivity contribution in [2.24, 2.45) is 11.8 Å². The minimum atomic E-state index is -1.21. The summed E-state index contributed by atoms with van der Waals surface area (Å²) in [6, 6.07) is 2.16. The number of carbonyl (C=O) groups excluding carboxylic acids is 1. The minimum Gasteiger partial charge on any atom is -0.496 e. The van der Waals surface area contributed by atoms with E-state index in [1.54, 1.807) is 0 Å². The highest BCUT2D eigenvalue weighted by Gasteiger charge is 2.53. The predicted molar refractivity (Wildman–Crippen MR) is 75.7 cm³/mol. The Hall–Kier alpha value is -1.69.